The van der Waals surface area contributed by atoms with Gasteiger partial charge in [0.25, 0.3) is 5.69 Å². The van der Waals surface area contributed by atoms with Crippen molar-refractivity contribution in [2.24, 2.45) is 0 Å². The van der Waals surface area contributed by atoms with Crippen LogP contribution < -0.4 is 4.74 Å². The number of non-ortho nitro benzene ring substituents is 1. The van der Waals surface area contributed by atoms with Crippen LogP contribution in [-0.2, 0) is 12.8 Å². The van der Waals surface area contributed by atoms with Crippen LogP contribution in [0.2, 0.25) is 0 Å². The van der Waals surface area contributed by atoms with Crippen molar-refractivity contribution in [3.05, 3.63) is 87.5 Å². The number of hydrogen-bond donors (Lipinski definition) is 0. The summed E-state index contributed by atoms with van der Waals surface area (Å²) >= 11 is 0.232. The predicted molar refractivity (Wildman–Crippen MR) is 104 cm³/mol. The molecular weight excluding hydrogens is 365 g/mol. The Morgan fingerprint density at radius 3 is 2.63 bits per heavy atom. The molecule has 0 fully saturated rings. The summed E-state index contributed by atoms with van der Waals surface area (Å²) in [7, 11) is 0. The van der Waals surface area contributed by atoms with Crippen LogP contribution in [0.25, 0.3) is 11.1 Å². The Labute approximate surface area is 160 Å². The molecule has 6 heteroatoms. The van der Waals surface area contributed by atoms with Gasteiger partial charge in [0.2, 0.25) is 0 Å². The summed E-state index contributed by atoms with van der Waals surface area (Å²) in [6, 6.07) is 18.1. The Balaban J connectivity index is 1.73. The van der Waals surface area contributed by atoms with E-state index in [1.807, 2.05) is 24.3 Å². The predicted octanol–water partition coefficient (Wildman–Crippen LogP) is 5.76. The molecule has 0 aliphatic carbocycles. The molecule has 0 atom stereocenters. The van der Waals surface area contributed by atoms with E-state index >= 15 is 0 Å². The van der Waals surface area contributed by atoms with Crippen molar-refractivity contribution < 1.29 is 13.5 Å². The fraction of sp³-hybridized carbons (Fsp3) is 0.143. The van der Waals surface area contributed by atoms with Gasteiger partial charge in [-0.3, -0.25) is 10.1 Å². The zero-order valence-corrected chi connectivity index (χ0v) is 15.2. The molecule has 27 heavy (non-hydrogen) atoms. The number of hydrogen-bond acceptors (Lipinski definition) is 4. The molecule has 0 saturated carbocycles. The Kier molecular flexibility index (Phi) is 4.81. The van der Waals surface area contributed by atoms with Gasteiger partial charge in [-0.05, 0) is 46.9 Å². The fourth-order valence-corrected chi connectivity index (χ4v) is 3.61. The quantitative estimate of drug-likeness (QED) is 0.416. The first-order valence-electron chi connectivity index (χ1n) is 8.55. The SMILES string of the molecule is O=[N+]([O-])c1cccc(-c2cc(Cc3ccc(SF)cc3)cc3c2OCC3)c1. The molecule has 136 valence electrons. The van der Waals surface area contributed by atoms with Crippen molar-refractivity contribution in [3.63, 3.8) is 0 Å². The summed E-state index contributed by atoms with van der Waals surface area (Å²) in [5.41, 5.74) is 5.00. The molecule has 4 rings (SSSR count). The molecule has 0 spiro atoms. The highest BCUT2D eigenvalue weighted by molar-refractivity contribution is 7.94. The molecule has 0 bridgehead atoms. The molecule has 0 amide bonds. The van der Waals surface area contributed by atoms with Crippen LogP contribution >= 0.6 is 12.1 Å². The second-order valence-electron chi connectivity index (χ2n) is 6.44. The third-order valence-corrected chi connectivity index (χ3v) is 5.08. The van der Waals surface area contributed by atoms with Crippen molar-refractivity contribution in [1.29, 1.82) is 0 Å². The van der Waals surface area contributed by atoms with Gasteiger partial charge in [0.05, 0.1) is 23.7 Å². The fourth-order valence-electron chi connectivity index (χ4n) is 3.37. The smallest absolute Gasteiger partial charge is 0.270 e. The third kappa shape index (κ3) is 3.66. The first-order chi connectivity index (χ1) is 13.1. The molecule has 1 aliphatic heterocycles. The molecule has 0 N–H and O–H groups in total. The Hall–Kier alpha value is -2.86. The van der Waals surface area contributed by atoms with Crippen molar-refractivity contribution in [1.82, 2.24) is 0 Å². The minimum atomic E-state index is -0.390. The van der Waals surface area contributed by atoms with E-state index in [0.29, 0.717) is 17.9 Å². The summed E-state index contributed by atoms with van der Waals surface area (Å²) in [4.78, 5) is 11.3. The lowest BCUT2D eigenvalue weighted by atomic mass is 9.95. The van der Waals surface area contributed by atoms with Gasteiger partial charge < -0.3 is 4.74 Å². The van der Waals surface area contributed by atoms with E-state index in [0.717, 1.165) is 40.0 Å². The van der Waals surface area contributed by atoms with Gasteiger partial charge in [-0.2, -0.15) is 3.89 Å². The normalized spacial score (nSPS) is 12.5. The molecule has 1 heterocycles. The second-order valence-corrected chi connectivity index (χ2v) is 7.06. The molecule has 3 aromatic carbocycles. The summed E-state index contributed by atoms with van der Waals surface area (Å²) in [6.45, 7) is 0.614. The topological polar surface area (TPSA) is 52.4 Å². The summed E-state index contributed by atoms with van der Waals surface area (Å²) in [5, 5.41) is 11.1. The van der Waals surface area contributed by atoms with E-state index in [1.54, 1.807) is 24.3 Å². The molecule has 0 unspecified atom stereocenters. The number of nitro benzene ring substituents is 1. The number of fused-ring (bicyclic) bond motifs is 1. The highest BCUT2D eigenvalue weighted by Crippen LogP contribution is 2.39. The molecule has 3 aromatic rings. The minimum Gasteiger partial charge on any atom is -0.492 e. The van der Waals surface area contributed by atoms with E-state index in [4.69, 9.17) is 4.74 Å². The summed E-state index contributed by atoms with van der Waals surface area (Å²) in [5.74, 6) is 0.809. The summed E-state index contributed by atoms with van der Waals surface area (Å²) in [6.07, 6.45) is 1.52. The van der Waals surface area contributed by atoms with Gasteiger partial charge in [0, 0.05) is 29.0 Å². The van der Waals surface area contributed by atoms with E-state index in [9.17, 15) is 14.0 Å². The number of ether oxygens (including phenoxy) is 1. The average Bonchev–Trinajstić information content (AvgIpc) is 3.16. The van der Waals surface area contributed by atoms with Crippen molar-refractivity contribution >= 4 is 17.8 Å². The second kappa shape index (κ2) is 7.40. The Morgan fingerprint density at radius 1 is 1.07 bits per heavy atom. The lowest BCUT2D eigenvalue weighted by molar-refractivity contribution is -0.384. The van der Waals surface area contributed by atoms with Crippen LogP contribution in [0.5, 0.6) is 5.75 Å². The van der Waals surface area contributed by atoms with Crippen molar-refractivity contribution in [2.45, 2.75) is 17.7 Å². The van der Waals surface area contributed by atoms with Crippen LogP contribution in [0.15, 0.2) is 65.6 Å². The van der Waals surface area contributed by atoms with Crippen LogP contribution in [0.3, 0.4) is 0 Å². The average molecular weight is 381 g/mol. The Bertz CT molecular complexity index is 1000. The van der Waals surface area contributed by atoms with Gasteiger partial charge in [0.15, 0.2) is 0 Å². The third-order valence-electron chi connectivity index (χ3n) is 4.63. The zero-order valence-electron chi connectivity index (χ0n) is 14.4. The number of rotatable bonds is 5. The number of benzene rings is 3. The lowest BCUT2D eigenvalue weighted by Crippen LogP contribution is -1.94. The molecule has 0 saturated heterocycles. The van der Waals surface area contributed by atoms with Crippen molar-refractivity contribution in [2.75, 3.05) is 6.61 Å². The standard InChI is InChI=1S/C21H16FNO3S/c22-27-19-6-4-14(5-7-19)10-15-11-17-8-9-26-21(17)20(12-15)16-2-1-3-18(13-16)23(24)25/h1-7,11-13H,8-10H2. The highest BCUT2D eigenvalue weighted by atomic mass is 32.2. The summed E-state index contributed by atoms with van der Waals surface area (Å²) < 4.78 is 18.4. The van der Waals surface area contributed by atoms with E-state index < -0.39 is 4.92 Å². The highest BCUT2D eigenvalue weighted by Gasteiger charge is 2.20. The van der Waals surface area contributed by atoms with Crippen LogP contribution in [0, 0.1) is 10.1 Å². The molecular formula is C21H16FNO3S. The maximum Gasteiger partial charge on any atom is 0.270 e. The van der Waals surface area contributed by atoms with Crippen LogP contribution in [-0.4, -0.2) is 11.5 Å². The van der Waals surface area contributed by atoms with E-state index in [1.165, 1.54) is 6.07 Å². The van der Waals surface area contributed by atoms with Gasteiger partial charge in [0.1, 0.15) is 5.75 Å². The molecule has 1 aliphatic rings. The molecule has 0 radical (unpaired) electrons. The first kappa shape index (κ1) is 17.5. The van der Waals surface area contributed by atoms with Crippen LogP contribution in [0.4, 0.5) is 9.57 Å². The van der Waals surface area contributed by atoms with E-state index in [2.05, 4.69) is 6.07 Å². The van der Waals surface area contributed by atoms with Crippen molar-refractivity contribution in [3.8, 4) is 16.9 Å². The Morgan fingerprint density at radius 2 is 1.89 bits per heavy atom. The minimum absolute atomic E-state index is 0.0592. The van der Waals surface area contributed by atoms with Gasteiger partial charge >= 0.3 is 0 Å². The van der Waals surface area contributed by atoms with Gasteiger partial charge in [-0.1, -0.05) is 30.3 Å². The van der Waals surface area contributed by atoms with Crippen LogP contribution in [0.1, 0.15) is 16.7 Å². The maximum atomic E-state index is 12.6. The number of halogens is 1. The molecule has 0 aromatic heterocycles. The van der Waals surface area contributed by atoms with Gasteiger partial charge in [-0.15, -0.1) is 0 Å². The largest absolute Gasteiger partial charge is 0.492 e. The first-order valence-corrected chi connectivity index (χ1v) is 9.26. The monoisotopic (exact) mass is 381 g/mol. The van der Waals surface area contributed by atoms with Gasteiger partial charge in [-0.25, -0.2) is 0 Å². The number of nitrogens with zero attached hydrogens (tertiary/aromatic N) is 1. The zero-order chi connectivity index (χ0) is 18.8. The lowest BCUT2D eigenvalue weighted by Gasteiger charge is -2.12. The number of nitro groups is 1. The molecule has 4 nitrogen and oxygen atoms in total. The van der Waals surface area contributed by atoms with E-state index in [-0.39, 0.29) is 17.8 Å². The maximum absolute atomic E-state index is 12.6.